The van der Waals surface area contributed by atoms with E-state index in [2.05, 4.69) is 22.3 Å². The van der Waals surface area contributed by atoms with Gasteiger partial charge in [-0.2, -0.15) is 0 Å². The molecule has 106 valence electrons. The van der Waals surface area contributed by atoms with E-state index >= 15 is 0 Å². The first-order chi connectivity index (χ1) is 8.61. The van der Waals surface area contributed by atoms with Gasteiger partial charge in [0, 0.05) is 19.8 Å². The summed E-state index contributed by atoms with van der Waals surface area (Å²) in [6, 6.07) is -1.02. The molecular weight excluding hydrogens is 236 g/mol. The first kappa shape index (κ1) is 16.7. The highest BCUT2D eigenvalue weighted by Crippen LogP contribution is 1.89. The molecule has 1 atom stereocenters. The molecule has 18 heavy (non-hydrogen) atoms. The number of urea groups is 1. The molecule has 0 fully saturated rings. The lowest BCUT2D eigenvalue weighted by atomic mass is 10.3. The van der Waals surface area contributed by atoms with Crippen molar-refractivity contribution in [1.29, 1.82) is 0 Å². The van der Waals surface area contributed by atoms with E-state index in [0.29, 0.717) is 13.2 Å². The molecule has 0 aromatic heterocycles. The summed E-state index contributed by atoms with van der Waals surface area (Å²) in [4.78, 5) is 22.4. The van der Waals surface area contributed by atoms with Crippen LogP contribution in [0.4, 0.5) is 4.79 Å². The minimum atomic E-state index is -0.643. The number of rotatable bonds is 9. The molecule has 1 unspecified atom stereocenters. The molecule has 0 spiro atoms. The van der Waals surface area contributed by atoms with Crippen molar-refractivity contribution in [2.75, 3.05) is 26.9 Å². The molecule has 2 N–H and O–H groups in total. The number of ether oxygens (including phenoxy) is 2. The zero-order valence-corrected chi connectivity index (χ0v) is 11.5. The lowest BCUT2D eigenvalue weighted by Gasteiger charge is -2.12. The number of amides is 2. The summed E-state index contributed by atoms with van der Waals surface area (Å²) in [5.74, 6) is -0.465. The summed E-state index contributed by atoms with van der Waals surface area (Å²) in [5, 5.41) is 5.12. The Bertz CT molecular complexity index is 246. The summed E-state index contributed by atoms with van der Waals surface area (Å²) in [7, 11) is 1.28. The summed E-state index contributed by atoms with van der Waals surface area (Å²) in [6.07, 6.45) is 2.93. The lowest BCUT2D eigenvalue weighted by Crippen LogP contribution is -2.45. The Balaban J connectivity index is 3.45. The Labute approximate surface area is 108 Å². The van der Waals surface area contributed by atoms with Crippen molar-refractivity contribution in [2.45, 2.75) is 39.2 Å². The molecule has 0 aliphatic rings. The molecule has 0 saturated heterocycles. The van der Waals surface area contributed by atoms with Gasteiger partial charge < -0.3 is 20.1 Å². The van der Waals surface area contributed by atoms with E-state index in [1.54, 1.807) is 6.92 Å². The summed E-state index contributed by atoms with van der Waals surface area (Å²) in [6.45, 7) is 5.59. The van der Waals surface area contributed by atoms with Gasteiger partial charge in [-0.25, -0.2) is 9.59 Å². The molecular formula is C12H24N2O4. The van der Waals surface area contributed by atoms with Gasteiger partial charge >= 0.3 is 12.0 Å². The van der Waals surface area contributed by atoms with Gasteiger partial charge in [0.2, 0.25) is 0 Å². The third kappa shape index (κ3) is 8.81. The van der Waals surface area contributed by atoms with Crippen LogP contribution >= 0.6 is 0 Å². The average molecular weight is 260 g/mol. The predicted octanol–water partition coefficient (Wildman–Crippen LogP) is 1.05. The van der Waals surface area contributed by atoms with Gasteiger partial charge in [-0.15, -0.1) is 0 Å². The summed E-state index contributed by atoms with van der Waals surface area (Å²) in [5.41, 5.74) is 0. The van der Waals surface area contributed by atoms with Crippen LogP contribution in [0.25, 0.3) is 0 Å². The van der Waals surface area contributed by atoms with Crippen molar-refractivity contribution >= 4 is 12.0 Å². The molecule has 0 rings (SSSR count). The van der Waals surface area contributed by atoms with Gasteiger partial charge in [0.15, 0.2) is 0 Å². The average Bonchev–Trinajstić information content (AvgIpc) is 2.36. The number of carbonyl (C=O) groups is 2. The number of nitrogens with one attached hydrogen (secondary N) is 2. The van der Waals surface area contributed by atoms with Crippen LogP contribution in [0, 0.1) is 0 Å². The fraction of sp³-hybridized carbons (Fsp3) is 0.833. The highest BCUT2D eigenvalue weighted by Gasteiger charge is 2.14. The monoisotopic (exact) mass is 260 g/mol. The first-order valence-electron chi connectivity index (χ1n) is 6.31. The second-order valence-corrected chi connectivity index (χ2v) is 3.96. The lowest BCUT2D eigenvalue weighted by molar-refractivity contribution is -0.142. The van der Waals surface area contributed by atoms with Gasteiger partial charge in [0.25, 0.3) is 0 Å². The van der Waals surface area contributed by atoms with E-state index in [1.807, 2.05) is 0 Å². The Morgan fingerprint density at radius 1 is 1.22 bits per heavy atom. The Kier molecular flexibility index (Phi) is 10.0. The number of unbranched alkanes of at least 4 members (excludes halogenated alkanes) is 1. The smallest absolute Gasteiger partial charge is 0.328 e. The number of hydrogen-bond acceptors (Lipinski definition) is 4. The highest BCUT2D eigenvalue weighted by molar-refractivity contribution is 5.83. The minimum absolute atomic E-state index is 0.374. The zero-order chi connectivity index (χ0) is 13.8. The SMILES string of the molecule is CCCCOCCCNC(=O)NC(C)C(=O)OC. The third-order valence-corrected chi connectivity index (χ3v) is 2.30. The minimum Gasteiger partial charge on any atom is -0.467 e. The topological polar surface area (TPSA) is 76.7 Å². The van der Waals surface area contributed by atoms with Gasteiger partial charge in [-0.1, -0.05) is 13.3 Å². The van der Waals surface area contributed by atoms with Crippen molar-refractivity contribution in [3.05, 3.63) is 0 Å². The van der Waals surface area contributed by atoms with Crippen LogP contribution in [-0.2, 0) is 14.3 Å². The number of esters is 1. The highest BCUT2D eigenvalue weighted by atomic mass is 16.5. The van der Waals surface area contributed by atoms with E-state index in [9.17, 15) is 9.59 Å². The second-order valence-electron chi connectivity index (χ2n) is 3.96. The molecule has 0 bridgehead atoms. The van der Waals surface area contributed by atoms with E-state index < -0.39 is 12.0 Å². The van der Waals surface area contributed by atoms with E-state index in [1.165, 1.54) is 7.11 Å². The standard InChI is InChI=1S/C12H24N2O4/c1-4-5-8-18-9-6-7-13-12(16)14-10(2)11(15)17-3/h10H,4-9H2,1-3H3,(H2,13,14,16). The van der Waals surface area contributed by atoms with Crippen LogP contribution in [-0.4, -0.2) is 44.9 Å². The molecule has 0 aliphatic carbocycles. The van der Waals surface area contributed by atoms with Crippen molar-refractivity contribution in [1.82, 2.24) is 10.6 Å². The van der Waals surface area contributed by atoms with Gasteiger partial charge in [-0.05, 0) is 19.8 Å². The van der Waals surface area contributed by atoms with Crippen molar-refractivity contribution in [2.24, 2.45) is 0 Å². The van der Waals surface area contributed by atoms with E-state index in [0.717, 1.165) is 25.9 Å². The van der Waals surface area contributed by atoms with Crippen LogP contribution in [0.1, 0.15) is 33.1 Å². The molecule has 6 heteroatoms. The zero-order valence-electron chi connectivity index (χ0n) is 11.5. The molecule has 0 heterocycles. The van der Waals surface area contributed by atoms with Gasteiger partial charge in [-0.3, -0.25) is 0 Å². The third-order valence-electron chi connectivity index (χ3n) is 2.30. The Hall–Kier alpha value is -1.30. The van der Waals surface area contributed by atoms with E-state index in [-0.39, 0.29) is 6.03 Å². The number of hydrogen-bond donors (Lipinski definition) is 2. The molecule has 6 nitrogen and oxygen atoms in total. The van der Waals surface area contributed by atoms with Crippen molar-refractivity contribution < 1.29 is 19.1 Å². The maximum atomic E-state index is 11.3. The van der Waals surface area contributed by atoms with Crippen LogP contribution in [0.5, 0.6) is 0 Å². The molecule has 0 aromatic rings. The van der Waals surface area contributed by atoms with Gasteiger partial charge in [0.1, 0.15) is 6.04 Å². The molecule has 2 amide bonds. The quantitative estimate of drug-likeness (QED) is 0.480. The number of methoxy groups -OCH3 is 1. The Morgan fingerprint density at radius 3 is 2.50 bits per heavy atom. The van der Waals surface area contributed by atoms with Gasteiger partial charge in [0.05, 0.1) is 7.11 Å². The van der Waals surface area contributed by atoms with Crippen LogP contribution in [0.2, 0.25) is 0 Å². The van der Waals surface area contributed by atoms with Crippen molar-refractivity contribution in [3.63, 3.8) is 0 Å². The fourth-order valence-electron chi connectivity index (χ4n) is 1.21. The van der Waals surface area contributed by atoms with Crippen molar-refractivity contribution in [3.8, 4) is 0 Å². The van der Waals surface area contributed by atoms with Crippen LogP contribution in [0.3, 0.4) is 0 Å². The van der Waals surface area contributed by atoms with Crippen LogP contribution in [0.15, 0.2) is 0 Å². The first-order valence-corrected chi connectivity index (χ1v) is 6.31. The molecule has 0 radical (unpaired) electrons. The fourth-order valence-corrected chi connectivity index (χ4v) is 1.21. The molecule has 0 aromatic carbocycles. The Morgan fingerprint density at radius 2 is 1.89 bits per heavy atom. The maximum Gasteiger partial charge on any atom is 0.328 e. The largest absolute Gasteiger partial charge is 0.467 e. The summed E-state index contributed by atoms with van der Waals surface area (Å²) >= 11 is 0. The van der Waals surface area contributed by atoms with E-state index in [4.69, 9.17) is 4.74 Å². The molecule has 0 aliphatic heterocycles. The normalized spacial score (nSPS) is 11.7. The van der Waals surface area contributed by atoms with Crippen LogP contribution < -0.4 is 10.6 Å². The molecule has 0 saturated carbocycles. The second kappa shape index (κ2) is 10.8. The number of carbonyl (C=O) groups excluding carboxylic acids is 2. The summed E-state index contributed by atoms with van der Waals surface area (Å²) < 4.78 is 9.84. The predicted molar refractivity (Wildman–Crippen MR) is 68.4 cm³/mol. The maximum absolute atomic E-state index is 11.3.